The molecule has 0 aliphatic carbocycles. The van der Waals surface area contributed by atoms with E-state index in [1.165, 1.54) is 0 Å². The standard InChI is InChI=1S/C24H24N6O/c1-17-23(18(2)30(27-17)22-9-5-6-12-25-22)28-13-15-29(16-14-28)24(31)21-11-10-19-7-3-4-8-20(19)26-21/h3-12H,13-16H2,1-2H3. The van der Waals surface area contributed by atoms with Gasteiger partial charge in [-0.15, -0.1) is 0 Å². The first-order chi connectivity index (χ1) is 15.1. The molecule has 4 heterocycles. The Morgan fingerprint density at radius 1 is 0.903 bits per heavy atom. The van der Waals surface area contributed by atoms with Gasteiger partial charge < -0.3 is 9.80 Å². The first-order valence-electron chi connectivity index (χ1n) is 10.5. The van der Waals surface area contributed by atoms with E-state index in [4.69, 9.17) is 5.10 Å². The van der Waals surface area contributed by atoms with Crippen LogP contribution in [-0.2, 0) is 0 Å². The number of anilines is 1. The highest BCUT2D eigenvalue weighted by molar-refractivity contribution is 5.95. The monoisotopic (exact) mass is 412 g/mol. The van der Waals surface area contributed by atoms with E-state index in [9.17, 15) is 4.79 Å². The fourth-order valence-electron chi connectivity index (χ4n) is 4.27. The number of hydrogen-bond donors (Lipinski definition) is 0. The Morgan fingerprint density at radius 3 is 2.45 bits per heavy atom. The fourth-order valence-corrected chi connectivity index (χ4v) is 4.27. The van der Waals surface area contributed by atoms with Crippen LogP contribution in [-0.4, -0.2) is 56.7 Å². The van der Waals surface area contributed by atoms with E-state index in [0.29, 0.717) is 18.8 Å². The van der Waals surface area contributed by atoms with Crippen molar-refractivity contribution in [2.24, 2.45) is 0 Å². The maximum Gasteiger partial charge on any atom is 0.272 e. The van der Waals surface area contributed by atoms with Crippen LogP contribution in [0.25, 0.3) is 16.7 Å². The van der Waals surface area contributed by atoms with Crippen LogP contribution in [0.2, 0.25) is 0 Å². The van der Waals surface area contributed by atoms with E-state index < -0.39 is 0 Å². The molecular formula is C24H24N6O. The number of hydrogen-bond acceptors (Lipinski definition) is 5. The molecular weight excluding hydrogens is 388 g/mol. The summed E-state index contributed by atoms with van der Waals surface area (Å²) in [6.45, 7) is 6.92. The lowest BCUT2D eigenvalue weighted by Crippen LogP contribution is -2.49. The van der Waals surface area contributed by atoms with Crippen LogP contribution in [0.5, 0.6) is 0 Å². The SMILES string of the molecule is Cc1nn(-c2ccccn2)c(C)c1N1CCN(C(=O)c2ccc3ccccc3n2)CC1. The summed E-state index contributed by atoms with van der Waals surface area (Å²) in [5, 5.41) is 5.75. The van der Waals surface area contributed by atoms with Crippen molar-refractivity contribution in [3.05, 3.63) is 77.9 Å². The number of amides is 1. The normalized spacial score (nSPS) is 14.3. The molecule has 3 aromatic heterocycles. The number of carbonyl (C=O) groups excluding carboxylic acids is 1. The summed E-state index contributed by atoms with van der Waals surface area (Å²) >= 11 is 0. The zero-order chi connectivity index (χ0) is 21.4. The van der Waals surface area contributed by atoms with Gasteiger partial charge in [-0.05, 0) is 38.1 Å². The van der Waals surface area contributed by atoms with E-state index in [0.717, 1.165) is 46.9 Å². The summed E-state index contributed by atoms with van der Waals surface area (Å²) in [5.74, 6) is 0.800. The van der Waals surface area contributed by atoms with Gasteiger partial charge in [0.25, 0.3) is 5.91 Å². The number of nitrogens with zero attached hydrogens (tertiary/aromatic N) is 6. The van der Waals surface area contributed by atoms with Crippen LogP contribution < -0.4 is 4.90 Å². The van der Waals surface area contributed by atoms with Gasteiger partial charge in [-0.25, -0.2) is 14.6 Å². The number of benzene rings is 1. The molecule has 0 atom stereocenters. The van der Waals surface area contributed by atoms with E-state index in [1.807, 2.05) is 71.1 Å². The van der Waals surface area contributed by atoms with E-state index in [-0.39, 0.29) is 5.91 Å². The van der Waals surface area contributed by atoms with Gasteiger partial charge in [0.2, 0.25) is 0 Å². The van der Waals surface area contributed by atoms with Crippen LogP contribution in [0.3, 0.4) is 0 Å². The second-order valence-electron chi connectivity index (χ2n) is 7.79. The van der Waals surface area contributed by atoms with Crippen molar-refractivity contribution in [3.63, 3.8) is 0 Å². The second kappa shape index (κ2) is 7.83. The number of rotatable bonds is 3. The van der Waals surface area contributed by atoms with Gasteiger partial charge in [-0.2, -0.15) is 5.10 Å². The van der Waals surface area contributed by atoms with Crippen molar-refractivity contribution in [1.82, 2.24) is 24.6 Å². The maximum absolute atomic E-state index is 13.0. The molecule has 1 aliphatic heterocycles. The fraction of sp³-hybridized carbons (Fsp3) is 0.250. The van der Waals surface area contributed by atoms with Gasteiger partial charge in [0, 0.05) is 37.8 Å². The van der Waals surface area contributed by atoms with Gasteiger partial charge in [0.15, 0.2) is 5.82 Å². The predicted octanol–water partition coefficient (Wildman–Crippen LogP) is 3.39. The van der Waals surface area contributed by atoms with Crippen LogP contribution in [0.4, 0.5) is 5.69 Å². The lowest BCUT2D eigenvalue weighted by Gasteiger charge is -2.36. The Hall–Kier alpha value is -3.74. The Balaban J connectivity index is 1.32. The lowest BCUT2D eigenvalue weighted by molar-refractivity contribution is 0.0741. The van der Waals surface area contributed by atoms with Gasteiger partial charge in [0.05, 0.1) is 22.6 Å². The highest BCUT2D eigenvalue weighted by Crippen LogP contribution is 2.27. The molecule has 0 radical (unpaired) electrons. The average molecular weight is 412 g/mol. The second-order valence-corrected chi connectivity index (χ2v) is 7.79. The summed E-state index contributed by atoms with van der Waals surface area (Å²) in [6.07, 6.45) is 1.77. The number of pyridine rings is 2. The molecule has 0 saturated carbocycles. The molecule has 1 aliphatic rings. The smallest absolute Gasteiger partial charge is 0.272 e. The third-order valence-corrected chi connectivity index (χ3v) is 5.82. The molecule has 0 N–H and O–H groups in total. The van der Waals surface area contributed by atoms with Crippen molar-refractivity contribution < 1.29 is 4.79 Å². The van der Waals surface area contributed by atoms with Crippen molar-refractivity contribution in [2.75, 3.05) is 31.1 Å². The van der Waals surface area contributed by atoms with Crippen molar-refractivity contribution >= 4 is 22.5 Å². The molecule has 1 aromatic carbocycles. The number of carbonyl (C=O) groups is 1. The molecule has 1 saturated heterocycles. The maximum atomic E-state index is 13.0. The number of fused-ring (bicyclic) bond motifs is 1. The Morgan fingerprint density at radius 2 is 1.68 bits per heavy atom. The third-order valence-electron chi connectivity index (χ3n) is 5.82. The first-order valence-corrected chi connectivity index (χ1v) is 10.5. The predicted molar refractivity (Wildman–Crippen MR) is 121 cm³/mol. The molecule has 7 nitrogen and oxygen atoms in total. The van der Waals surface area contributed by atoms with Gasteiger partial charge >= 0.3 is 0 Å². The number of aryl methyl sites for hydroxylation is 1. The van der Waals surface area contributed by atoms with Crippen LogP contribution in [0.1, 0.15) is 21.9 Å². The minimum absolute atomic E-state index is 0.0111. The highest BCUT2D eigenvalue weighted by Gasteiger charge is 2.26. The summed E-state index contributed by atoms with van der Waals surface area (Å²) < 4.78 is 1.89. The van der Waals surface area contributed by atoms with Crippen molar-refractivity contribution in [2.45, 2.75) is 13.8 Å². The third kappa shape index (κ3) is 3.52. The zero-order valence-electron chi connectivity index (χ0n) is 17.7. The summed E-state index contributed by atoms with van der Waals surface area (Å²) in [4.78, 5) is 26.2. The lowest BCUT2D eigenvalue weighted by atomic mass is 10.2. The molecule has 1 fully saturated rings. The highest BCUT2D eigenvalue weighted by atomic mass is 16.2. The summed E-state index contributed by atoms with van der Waals surface area (Å²) in [7, 11) is 0. The van der Waals surface area contributed by atoms with Gasteiger partial charge in [-0.3, -0.25) is 4.79 Å². The molecule has 0 spiro atoms. The van der Waals surface area contributed by atoms with Crippen molar-refractivity contribution in [3.8, 4) is 5.82 Å². The van der Waals surface area contributed by atoms with Crippen LogP contribution in [0, 0.1) is 13.8 Å². The minimum atomic E-state index is -0.0111. The quantitative estimate of drug-likeness (QED) is 0.516. The Labute approximate surface area is 181 Å². The topological polar surface area (TPSA) is 67.2 Å². The van der Waals surface area contributed by atoms with E-state index >= 15 is 0 Å². The van der Waals surface area contributed by atoms with Crippen LogP contribution >= 0.6 is 0 Å². The number of piperazine rings is 1. The summed E-state index contributed by atoms with van der Waals surface area (Å²) in [5.41, 5.74) is 4.51. The largest absolute Gasteiger partial charge is 0.365 e. The van der Waals surface area contributed by atoms with Crippen LogP contribution in [0.15, 0.2) is 60.8 Å². The molecule has 1 amide bonds. The van der Waals surface area contributed by atoms with E-state index in [1.54, 1.807) is 6.20 Å². The molecule has 7 heteroatoms. The average Bonchev–Trinajstić information content (AvgIpc) is 3.12. The first kappa shape index (κ1) is 19.2. The molecule has 31 heavy (non-hydrogen) atoms. The molecule has 5 rings (SSSR count). The zero-order valence-corrected chi connectivity index (χ0v) is 17.7. The Bertz CT molecular complexity index is 1240. The molecule has 0 unspecified atom stereocenters. The summed E-state index contributed by atoms with van der Waals surface area (Å²) in [6, 6.07) is 17.5. The Kier molecular flexibility index (Phi) is 4.86. The minimum Gasteiger partial charge on any atom is -0.365 e. The van der Waals surface area contributed by atoms with Gasteiger partial charge in [-0.1, -0.05) is 30.3 Å². The molecule has 156 valence electrons. The molecule has 4 aromatic rings. The number of aromatic nitrogens is 4. The number of para-hydroxylation sites is 1. The molecule has 0 bridgehead atoms. The van der Waals surface area contributed by atoms with Crippen molar-refractivity contribution in [1.29, 1.82) is 0 Å². The van der Waals surface area contributed by atoms with Gasteiger partial charge in [0.1, 0.15) is 5.69 Å². The van der Waals surface area contributed by atoms with E-state index in [2.05, 4.69) is 21.8 Å².